The molecule has 0 N–H and O–H groups in total. The molecule has 7 nitrogen and oxygen atoms in total. The second kappa shape index (κ2) is 9.93. The van der Waals surface area contributed by atoms with Crippen LogP contribution in [0.25, 0.3) is 28.6 Å². The molecule has 5 rings (SSSR count). The molecule has 2 aromatic heterocycles. The van der Waals surface area contributed by atoms with Crippen molar-refractivity contribution >= 4 is 24.6 Å². The van der Waals surface area contributed by atoms with E-state index in [1.54, 1.807) is 10.9 Å². The number of amides is 1. The lowest BCUT2D eigenvalue weighted by molar-refractivity contribution is 0.0716. The van der Waals surface area contributed by atoms with Crippen LogP contribution in [-0.4, -0.2) is 49.7 Å². The van der Waals surface area contributed by atoms with Gasteiger partial charge in [-0.3, -0.25) is 9.48 Å². The Morgan fingerprint density at radius 2 is 1.77 bits per heavy atom. The van der Waals surface area contributed by atoms with Gasteiger partial charge in [0.05, 0.1) is 23.8 Å². The smallest absolute Gasteiger partial charge is 0.275 e. The molecule has 1 aliphatic rings. The lowest BCUT2D eigenvalue weighted by Crippen LogP contribution is -2.38. The molecule has 0 radical (unpaired) electrons. The molecule has 7 heteroatoms. The van der Waals surface area contributed by atoms with Crippen LogP contribution in [0.4, 0.5) is 5.82 Å². The van der Waals surface area contributed by atoms with Crippen molar-refractivity contribution in [2.24, 2.45) is 4.99 Å². The SMILES string of the molecule is C=Nc1c(-c2ccccc2)c(C(=O)N2CCC[C@H]2Cn2ccc(-c3ccccc3)n2)nn1/C=C\C. The molecule has 1 amide bonds. The van der Waals surface area contributed by atoms with Crippen LogP contribution >= 0.6 is 0 Å². The fourth-order valence-corrected chi connectivity index (χ4v) is 4.71. The maximum atomic E-state index is 13.9. The number of aliphatic imine (C=N–C) groups is 1. The number of allylic oxidation sites excluding steroid dienone is 1. The van der Waals surface area contributed by atoms with Gasteiger partial charge in [-0.1, -0.05) is 66.7 Å². The fourth-order valence-electron chi connectivity index (χ4n) is 4.71. The van der Waals surface area contributed by atoms with Gasteiger partial charge in [-0.25, -0.2) is 9.67 Å². The Kier molecular flexibility index (Phi) is 6.39. The van der Waals surface area contributed by atoms with Gasteiger partial charge in [-0.15, -0.1) is 0 Å². The molecule has 0 bridgehead atoms. The molecule has 0 unspecified atom stereocenters. The summed E-state index contributed by atoms with van der Waals surface area (Å²) in [6, 6.07) is 22.0. The third-order valence-corrected chi connectivity index (χ3v) is 6.34. The molecular weight excluding hydrogens is 436 g/mol. The van der Waals surface area contributed by atoms with E-state index in [0.717, 1.165) is 29.7 Å². The highest BCUT2D eigenvalue weighted by Gasteiger charge is 2.34. The minimum absolute atomic E-state index is 0.0432. The van der Waals surface area contributed by atoms with Crippen molar-refractivity contribution in [3.05, 3.63) is 84.7 Å². The van der Waals surface area contributed by atoms with Crippen molar-refractivity contribution < 1.29 is 4.79 Å². The highest BCUT2D eigenvalue weighted by atomic mass is 16.2. The van der Waals surface area contributed by atoms with E-state index in [2.05, 4.69) is 28.9 Å². The number of nitrogens with zero attached hydrogens (tertiary/aromatic N) is 6. The average molecular weight is 465 g/mol. The van der Waals surface area contributed by atoms with Crippen LogP contribution in [0.5, 0.6) is 0 Å². The molecule has 0 spiro atoms. The summed E-state index contributed by atoms with van der Waals surface area (Å²) in [6.07, 6.45) is 7.52. The standard InChI is InChI=1S/C28H28N6O/c1-3-17-34-27(29-2)25(22-13-8-5-9-14-22)26(31-34)28(35)33-18-10-15-23(33)20-32-19-16-24(30-32)21-11-6-4-7-12-21/h3-9,11-14,16-17,19,23H,2,10,15,18,20H2,1H3/b17-3-/t23-/m0/s1. The molecule has 176 valence electrons. The molecule has 4 aromatic rings. The Hall–Kier alpha value is -4.26. The lowest BCUT2D eigenvalue weighted by Gasteiger charge is -2.24. The summed E-state index contributed by atoms with van der Waals surface area (Å²) >= 11 is 0. The maximum absolute atomic E-state index is 13.9. The number of carbonyl (C=O) groups is 1. The van der Waals surface area contributed by atoms with E-state index in [4.69, 9.17) is 5.10 Å². The topological polar surface area (TPSA) is 68.3 Å². The van der Waals surface area contributed by atoms with Crippen LogP contribution in [0.2, 0.25) is 0 Å². The van der Waals surface area contributed by atoms with Gasteiger partial charge in [0.1, 0.15) is 0 Å². The van der Waals surface area contributed by atoms with Crippen molar-refractivity contribution in [3.63, 3.8) is 0 Å². The fraction of sp³-hybridized carbons (Fsp3) is 0.214. The molecule has 2 aromatic carbocycles. The quantitative estimate of drug-likeness (QED) is 0.337. The molecule has 35 heavy (non-hydrogen) atoms. The van der Waals surface area contributed by atoms with Crippen LogP contribution in [0.1, 0.15) is 30.3 Å². The number of benzene rings is 2. The summed E-state index contributed by atoms with van der Waals surface area (Å²) in [4.78, 5) is 20.1. The molecule has 0 aliphatic carbocycles. The summed E-state index contributed by atoms with van der Waals surface area (Å²) in [5, 5.41) is 9.42. The molecule has 3 heterocycles. The summed E-state index contributed by atoms with van der Waals surface area (Å²) in [5.74, 6) is 0.475. The largest absolute Gasteiger partial charge is 0.332 e. The van der Waals surface area contributed by atoms with Gasteiger partial charge in [0.25, 0.3) is 5.91 Å². The van der Waals surface area contributed by atoms with E-state index in [1.807, 2.05) is 83.4 Å². The first kappa shape index (κ1) is 22.5. The van der Waals surface area contributed by atoms with Crippen molar-refractivity contribution in [1.29, 1.82) is 0 Å². The molecule has 0 saturated carbocycles. The summed E-state index contributed by atoms with van der Waals surface area (Å²) < 4.78 is 3.57. The highest BCUT2D eigenvalue weighted by molar-refractivity contribution is 6.02. The number of likely N-dealkylation sites (tertiary alicyclic amines) is 1. The molecule has 1 saturated heterocycles. The van der Waals surface area contributed by atoms with Gasteiger partial charge in [0, 0.05) is 24.5 Å². The number of rotatable bonds is 7. The van der Waals surface area contributed by atoms with Crippen LogP contribution in [0.3, 0.4) is 0 Å². The van der Waals surface area contributed by atoms with Crippen LogP contribution in [-0.2, 0) is 6.54 Å². The Bertz CT molecular complexity index is 1350. The minimum atomic E-state index is -0.0880. The van der Waals surface area contributed by atoms with Gasteiger partial charge < -0.3 is 4.90 Å². The van der Waals surface area contributed by atoms with Crippen molar-refractivity contribution in [2.75, 3.05) is 6.54 Å². The molecule has 1 fully saturated rings. The van der Waals surface area contributed by atoms with Gasteiger partial charge in [-0.2, -0.15) is 10.2 Å². The first-order chi connectivity index (χ1) is 17.2. The zero-order valence-electron chi connectivity index (χ0n) is 19.8. The van der Waals surface area contributed by atoms with Gasteiger partial charge in [0.2, 0.25) is 0 Å². The van der Waals surface area contributed by atoms with E-state index < -0.39 is 0 Å². The normalized spacial score (nSPS) is 15.7. The van der Waals surface area contributed by atoms with E-state index in [-0.39, 0.29) is 11.9 Å². The van der Waals surface area contributed by atoms with Crippen LogP contribution in [0, 0.1) is 0 Å². The van der Waals surface area contributed by atoms with Crippen LogP contribution < -0.4 is 0 Å². The third-order valence-electron chi connectivity index (χ3n) is 6.34. The van der Waals surface area contributed by atoms with E-state index in [9.17, 15) is 4.79 Å². The number of hydrogen-bond acceptors (Lipinski definition) is 4. The minimum Gasteiger partial charge on any atom is -0.332 e. The lowest BCUT2D eigenvalue weighted by atomic mass is 10.0. The summed E-state index contributed by atoms with van der Waals surface area (Å²) in [5.41, 5.74) is 4.01. The zero-order valence-corrected chi connectivity index (χ0v) is 19.8. The maximum Gasteiger partial charge on any atom is 0.275 e. The van der Waals surface area contributed by atoms with Gasteiger partial charge in [-0.05, 0) is 38.1 Å². The monoisotopic (exact) mass is 464 g/mol. The van der Waals surface area contributed by atoms with E-state index in [1.165, 1.54) is 0 Å². The van der Waals surface area contributed by atoms with Crippen LogP contribution in [0.15, 0.2) is 84.0 Å². The predicted octanol–water partition coefficient (Wildman–Crippen LogP) is 5.54. The first-order valence-corrected chi connectivity index (χ1v) is 11.9. The van der Waals surface area contributed by atoms with E-state index in [0.29, 0.717) is 30.2 Å². The van der Waals surface area contributed by atoms with Crippen molar-refractivity contribution in [2.45, 2.75) is 32.4 Å². The molecular formula is C28H28N6O. The Labute approximate surface area is 205 Å². The number of carbonyl (C=O) groups excluding carboxylic acids is 1. The summed E-state index contributed by atoms with van der Waals surface area (Å²) in [7, 11) is 0. The van der Waals surface area contributed by atoms with Gasteiger partial charge in [0.15, 0.2) is 11.5 Å². The van der Waals surface area contributed by atoms with Crippen molar-refractivity contribution in [3.8, 4) is 22.4 Å². The predicted molar refractivity (Wildman–Crippen MR) is 140 cm³/mol. The highest BCUT2D eigenvalue weighted by Crippen LogP contribution is 2.35. The number of hydrogen-bond donors (Lipinski definition) is 0. The zero-order chi connectivity index (χ0) is 24.2. The van der Waals surface area contributed by atoms with Gasteiger partial charge >= 0.3 is 0 Å². The molecule has 1 atom stereocenters. The molecule has 1 aliphatic heterocycles. The van der Waals surface area contributed by atoms with Crippen molar-refractivity contribution in [1.82, 2.24) is 24.5 Å². The second-order valence-corrected chi connectivity index (χ2v) is 8.58. The first-order valence-electron chi connectivity index (χ1n) is 11.9. The third kappa shape index (κ3) is 4.45. The Morgan fingerprint density at radius 1 is 1.06 bits per heavy atom. The summed E-state index contributed by atoms with van der Waals surface area (Å²) in [6.45, 7) is 6.98. The average Bonchev–Trinajstić information content (AvgIpc) is 3.64. The number of aromatic nitrogens is 4. The van der Waals surface area contributed by atoms with E-state index >= 15 is 0 Å². The Balaban J connectivity index is 1.45. The Morgan fingerprint density at radius 3 is 2.46 bits per heavy atom. The second-order valence-electron chi connectivity index (χ2n) is 8.58.